The molecule has 0 fully saturated rings. The van der Waals surface area contributed by atoms with Gasteiger partial charge in [0.25, 0.3) is 0 Å². The largest absolute Gasteiger partial charge is 0.494 e. The molecule has 0 atom stereocenters. The van der Waals surface area contributed by atoms with Crippen molar-refractivity contribution < 1.29 is 4.74 Å². The van der Waals surface area contributed by atoms with Crippen molar-refractivity contribution in [3.8, 4) is 5.75 Å². The highest BCUT2D eigenvalue weighted by Gasteiger charge is 2.11. The van der Waals surface area contributed by atoms with Crippen molar-refractivity contribution in [3.05, 3.63) is 30.3 Å². The van der Waals surface area contributed by atoms with Crippen LogP contribution in [0.2, 0.25) is 0 Å². The summed E-state index contributed by atoms with van der Waals surface area (Å²) in [6.07, 6.45) is 0.833. The first-order valence-electron chi connectivity index (χ1n) is 7.37. The summed E-state index contributed by atoms with van der Waals surface area (Å²) >= 11 is 0. The molecule has 0 saturated carbocycles. The molecule has 1 aromatic heterocycles. The molecule has 2 aromatic rings. The Morgan fingerprint density at radius 3 is 2.57 bits per heavy atom. The van der Waals surface area contributed by atoms with Gasteiger partial charge in [0.05, 0.1) is 6.61 Å². The number of rotatable bonds is 8. The SMILES string of the molecule is CCN(CC)c1nc(N)n(CCCOc2ccccc2)n1. The molecule has 0 unspecified atom stereocenters. The van der Waals surface area contributed by atoms with Crippen molar-refractivity contribution in [2.24, 2.45) is 0 Å². The van der Waals surface area contributed by atoms with E-state index in [2.05, 4.69) is 28.8 Å². The van der Waals surface area contributed by atoms with E-state index in [1.165, 1.54) is 0 Å². The summed E-state index contributed by atoms with van der Waals surface area (Å²) < 4.78 is 7.39. The van der Waals surface area contributed by atoms with Gasteiger partial charge < -0.3 is 15.4 Å². The van der Waals surface area contributed by atoms with E-state index in [-0.39, 0.29) is 0 Å². The van der Waals surface area contributed by atoms with Gasteiger partial charge in [-0.3, -0.25) is 0 Å². The summed E-state index contributed by atoms with van der Waals surface area (Å²) in [6.45, 7) is 7.23. The maximum absolute atomic E-state index is 5.90. The van der Waals surface area contributed by atoms with Crippen molar-refractivity contribution in [2.45, 2.75) is 26.8 Å². The van der Waals surface area contributed by atoms with E-state index in [4.69, 9.17) is 10.5 Å². The van der Waals surface area contributed by atoms with Gasteiger partial charge in [-0.15, -0.1) is 5.10 Å². The van der Waals surface area contributed by atoms with Crippen molar-refractivity contribution >= 4 is 11.9 Å². The molecule has 0 radical (unpaired) electrons. The maximum atomic E-state index is 5.90. The molecule has 2 N–H and O–H groups in total. The van der Waals surface area contributed by atoms with Gasteiger partial charge >= 0.3 is 0 Å². The van der Waals surface area contributed by atoms with Gasteiger partial charge in [0.1, 0.15) is 5.75 Å². The molecule has 6 nitrogen and oxygen atoms in total. The highest BCUT2D eigenvalue weighted by molar-refractivity contribution is 5.34. The molecule has 0 spiro atoms. The van der Waals surface area contributed by atoms with E-state index < -0.39 is 0 Å². The molecule has 0 aliphatic rings. The molecule has 1 aromatic carbocycles. The van der Waals surface area contributed by atoms with E-state index in [1.807, 2.05) is 30.3 Å². The number of hydrogen-bond acceptors (Lipinski definition) is 5. The number of anilines is 2. The molecule has 2 rings (SSSR count). The third-order valence-electron chi connectivity index (χ3n) is 3.26. The summed E-state index contributed by atoms with van der Waals surface area (Å²) in [5.74, 6) is 2.03. The Bertz CT molecular complexity index is 536. The lowest BCUT2D eigenvalue weighted by molar-refractivity contribution is 0.299. The van der Waals surface area contributed by atoms with Crippen LogP contribution >= 0.6 is 0 Å². The molecule has 21 heavy (non-hydrogen) atoms. The van der Waals surface area contributed by atoms with Crippen molar-refractivity contribution in [2.75, 3.05) is 30.3 Å². The second kappa shape index (κ2) is 7.52. The summed E-state index contributed by atoms with van der Waals surface area (Å²) in [5, 5.41) is 4.45. The Morgan fingerprint density at radius 1 is 1.19 bits per heavy atom. The monoisotopic (exact) mass is 289 g/mol. The number of nitrogens with two attached hydrogens (primary N) is 1. The fourth-order valence-electron chi connectivity index (χ4n) is 2.07. The fourth-order valence-corrected chi connectivity index (χ4v) is 2.07. The Balaban J connectivity index is 1.83. The van der Waals surface area contributed by atoms with Crippen molar-refractivity contribution in [3.63, 3.8) is 0 Å². The number of nitrogens with zero attached hydrogens (tertiary/aromatic N) is 4. The minimum atomic E-state index is 0.455. The van der Waals surface area contributed by atoms with Crippen LogP contribution in [0.25, 0.3) is 0 Å². The third kappa shape index (κ3) is 4.11. The van der Waals surface area contributed by atoms with Gasteiger partial charge in [-0.25, -0.2) is 4.68 Å². The highest BCUT2D eigenvalue weighted by atomic mass is 16.5. The zero-order chi connectivity index (χ0) is 15.1. The zero-order valence-corrected chi connectivity index (χ0v) is 12.7. The Labute approximate surface area is 125 Å². The molecule has 1 heterocycles. The average Bonchev–Trinajstić information content (AvgIpc) is 2.87. The van der Waals surface area contributed by atoms with Gasteiger partial charge in [0.15, 0.2) is 0 Å². The van der Waals surface area contributed by atoms with Crippen LogP contribution in [-0.2, 0) is 6.54 Å². The van der Waals surface area contributed by atoms with Crippen LogP contribution in [0.5, 0.6) is 5.75 Å². The van der Waals surface area contributed by atoms with Crippen LogP contribution in [0, 0.1) is 0 Å². The maximum Gasteiger partial charge on any atom is 0.246 e. The highest BCUT2D eigenvalue weighted by Crippen LogP contribution is 2.12. The normalized spacial score (nSPS) is 10.6. The summed E-state index contributed by atoms with van der Waals surface area (Å²) in [7, 11) is 0. The number of aromatic nitrogens is 3. The summed E-state index contributed by atoms with van der Waals surface area (Å²) in [6, 6.07) is 9.78. The predicted octanol–water partition coefficient (Wildman–Crippen LogP) is 2.18. The van der Waals surface area contributed by atoms with Gasteiger partial charge in [0.2, 0.25) is 11.9 Å². The lowest BCUT2D eigenvalue weighted by Gasteiger charge is -2.15. The number of aryl methyl sites for hydroxylation is 1. The Hall–Kier alpha value is -2.24. The quantitative estimate of drug-likeness (QED) is 0.754. The topological polar surface area (TPSA) is 69.2 Å². The first kappa shape index (κ1) is 15.2. The van der Waals surface area contributed by atoms with Crippen LogP contribution in [0.4, 0.5) is 11.9 Å². The lowest BCUT2D eigenvalue weighted by Crippen LogP contribution is -2.23. The second-order valence-electron chi connectivity index (χ2n) is 4.68. The van der Waals surface area contributed by atoms with Crippen LogP contribution in [0.3, 0.4) is 0 Å². The fraction of sp³-hybridized carbons (Fsp3) is 0.467. The molecule has 0 saturated heterocycles. The van der Waals surface area contributed by atoms with Crippen LogP contribution in [-0.4, -0.2) is 34.5 Å². The lowest BCUT2D eigenvalue weighted by atomic mass is 10.3. The average molecular weight is 289 g/mol. The standard InChI is InChI=1S/C15H23N5O/c1-3-19(4-2)15-17-14(16)20(18-15)11-8-12-21-13-9-6-5-7-10-13/h5-7,9-10H,3-4,8,11-12H2,1-2H3,(H2,16,17,18). The van der Waals surface area contributed by atoms with Crippen LogP contribution < -0.4 is 15.4 Å². The minimum Gasteiger partial charge on any atom is -0.494 e. The summed E-state index contributed by atoms with van der Waals surface area (Å²) in [5.41, 5.74) is 5.90. The van der Waals surface area contributed by atoms with Crippen LogP contribution in [0.1, 0.15) is 20.3 Å². The molecule has 0 amide bonds. The number of para-hydroxylation sites is 1. The molecule has 6 heteroatoms. The zero-order valence-electron chi connectivity index (χ0n) is 12.7. The van der Waals surface area contributed by atoms with E-state index in [0.29, 0.717) is 25.0 Å². The Morgan fingerprint density at radius 2 is 1.90 bits per heavy atom. The number of hydrogen-bond donors (Lipinski definition) is 1. The first-order chi connectivity index (χ1) is 10.2. The molecule has 0 bridgehead atoms. The van der Waals surface area contributed by atoms with Gasteiger partial charge in [-0.05, 0) is 26.0 Å². The summed E-state index contributed by atoms with van der Waals surface area (Å²) in [4.78, 5) is 6.38. The van der Waals surface area contributed by atoms with E-state index >= 15 is 0 Å². The molecule has 0 aliphatic heterocycles. The van der Waals surface area contributed by atoms with E-state index in [1.54, 1.807) is 4.68 Å². The first-order valence-corrected chi connectivity index (χ1v) is 7.37. The van der Waals surface area contributed by atoms with Crippen molar-refractivity contribution in [1.82, 2.24) is 14.8 Å². The Kier molecular flexibility index (Phi) is 5.43. The molecular weight excluding hydrogens is 266 g/mol. The number of nitrogen functional groups attached to an aromatic ring is 1. The number of ether oxygens (including phenoxy) is 1. The van der Waals surface area contributed by atoms with Gasteiger partial charge in [-0.2, -0.15) is 4.98 Å². The van der Waals surface area contributed by atoms with Crippen molar-refractivity contribution in [1.29, 1.82) is 0 Å². The minimum absolute atomic E-state index is 0.455. The van der Waals surface area contributed by atoms with E-state index in [0.717, 1.165) is 25.3 Å². The predicted molar refractivity (Wildman–Crippen MR) is 84.5 cm³/mol. The molecular formula is C15H23N5O. The second-order valence-corrected chi connectivity index (χ2v) is 4.68. The third-order valence-corrected chi connectivity index (χ3v) is 3.26. The molecule has 0 aliphatic carbocycles. The van der Waals surface area contributed by atoms with Gasteiger partial charge in [-0.1, -0.05) is 18.2 Å². The smallest absolute Gasteiger partial charge is 0.246 e. The molecule has 114 valence electrons. The number of benzene rings is 1. The van der Waals surface area contributed by atoms with Crippen LogP contribution in [0.15, 0.2) is 30.3 Å². The van der Waals surface area contributed by atoms with E-state index in [9.17, 15) is 0 Å². The van der Waals surface area contributed by atoms with Gasteiger partial charge in [0, 0.05) is 26.1 Å².